The van der Waals surface area contributed by atoms with E-state index < -0.39 is 0 Å². The molecule has 0 unspecified atom stereocenters. The first kappa shape index (κ1) is 10.3. The molecule has 68 valence electrons. The minimum atomic E-state index is -0.208. The van der Waals surface area contributed by atoms with Crippen molar-refractivity contribution in [3.8, 4) is 0 Å². The van der Waals surface area contributed by atoms with Gasteiger partial charge >= 0.3 is 0 Å². The van der Waals surface area contributed by atoms with Gasteiger partial charge in [0.15, 0.2) is 5.65 Å². The molecule has 0 fully saturated rings. The molecule has 0 spiro atoms. The molecule has 0 saturated heterocycles. The summed E-state index contributed by atoms with van der Waals surface area (Å²) >= 11 is 5.10. The molecule has 0 saturated carbocycles. The molecule has 0 atom stereocenters. The third kappa shape index (κ3) is 3.65. The van der Waals surface area contributed by atoms with Gasteiger partial charge in [-0.3, -0.25) is 4.79 Å². The maximum Gasteiger partial charge on any atom is 0.262 e. The number of aromatic nitrogens is 3. The van der Waals surface area contributed by atoms with E-state index in [9.17, 15) is 4.79 Å². The van der Waals surface area contributed by atoms with Gasteiger partial charge in [0, 0.05) is 38.1 Å². The summed E-state index contributed by atoms with van der Waals surface area (Å²) in [6, 6.07) is 3.82. The van der Waals surface area contributed by atoms with E-state index >= 15 is 0 Å². The van der Waals surface area contributed by atoms with Gasteiger partial charge in [-0.15, -0.1) is 0 Å². The lowest BCUT2D eigenvalue weighted by molar-refractivity contribution is 0.278. The normalized spacial score (nSPS) is 9.08. The van der Waals surface area contributed by atoms with Gasteiger partial charge in [0.2, 0.25) is 0 Å². The van der Waals surface area contributed by atoms with Crippen molar-refractivity contribution in [1.29, 1.82) is 0 Å². The average Bonchev–Trinajstić information content (AvgIpc) is 2.49. The Morgan fingerprint density at radius 3 is 2.69 bits per heavy atom. The second-order valence-electron chi connectivity index (χ2n) is 2.00. The molecule has 2 aromatic heterocycles. The van der Waals surface area contributed by atoms with Crippen LogP contribution in [0, 0.1) is 0 Å². The lowest BCUT2D eigenvalue weighted by Crippen LogP contribution is -1.71. The summed E-state index contributed by atoms with van der Waals surface area (Å²) in [5.41, 5.74) is 1.76. The van der Waals surface area contributed by atoms with Gasteiger partial charge < -0.3 is 4.98 Å². The van der Waals surface area contributed by atoms with Crippen LogP contribution in [0.2, 0.25) is 0 Å². The van der Waals surface area contributed by atoms with Crippen molar-refractivity contribution in [1.82, 2.24) is 15.0 Å². The van der Waals surface area contributed by atoms with Crippen molar-refractivity contribution in [3.05, 3.63) is 24.7 Å². The van der Waals surface area contributed by atoms with E-state index in [-0.39, 0.29) is 3.60 Å². The zero-order chi connectivity index (χ0) is 9.68. The molecule has 0 radical (unpaired) electrons. The first-order valence-electron chi connectivity index (χ1n) is 3.29. The van der Waals surface area contributed by atoms with Crippen molar-refractivity contribution in [3.63, 3.8) is 0 Å². The molecule has 2 heterocycles. The summed E-state index contributed by atoms with van der Waals surface area (Å²) in [4.78, 5) is 20.2. The number of nitrogens with one attached hydrogen (secondary N) is 1. The van der Waals surface area contributed by atoms with Crippen LogP contribution in [0.3, 0.4) is 0 Å². The number of aromatic amines is 1. The summed E-state index contributed by atoms with van der Waals surface area (Å²) in [5.74, 6) is 0. The minimum absolute atomic E-state index is 0.208. The quantitative estimate of drug-likeness (QED) is 0.761. The highest BCUT2D eigenvalue weighted by Gasteiger charge is 1.90. The molecule has 0 aliphatic heterocycles. The third-order valence-electron chi connectivity index (χ3n) is 1.19. The molecule has 6 heteroatoms. The third-order valence-corrected chi connectivity index (χ3v) is 1.19. The maximum absolute atomic E-state index is 9.28. The number of fused-ring (bicyclic) bond motifs is 1. The summed E-state index contributed by atoms with van der Waals surface area (Å²) in [6.07, 6.45) is 3.36. The second kappa shape index (κ2) is 5.08. The lowest BCUT2D eigenvalue weighted by atomic mass is 10.4. The van der Waals surface area contributed by atoms with E-state index in [1.807, 2.05) is 12.1 Å². The fourth-order valence-electron chi connectivity index (χ4n) is 0.775. The van der Waals surface area contributed by atoms with E-state index in [0.717, 1.165) is 11.2 Å². The smallest absolute Gasteiger partial charge is 0.262 e. The molecular weight excluding hydrogens is 302 g/mol. The molecule has 2 rings (SSSR count). The Balaban J connectivity index is 0.000000184. The van der Waals surface area contributed by atoms with E-state index in [4.69, 9.17) is 0 Å². The predicted octanol–water partition coefficient (Wildman–Crippen LogP) is 2.85. The highest BCUT2D eigenvalue weighted by atomic mass is 79.9. The summed E-state index contributed by atoms with van der Waals surface area (Å²) in [6.45, 7) is 0. The zero-order valence-electron chi connectivity index (χ0n) is 6.37. The number of halogens is 2. The Bertz CT molecular complexity index is 367. The number of nitrogens with zero attached hydrogens (tertiary/aromatic N) is 2. The van der Waals surface area contributed by atoms with E-state index in [0.29, 0.717) is 0 Å². The van der Waals surface area contributed by atoms with Crippen molar-refractivity contribution in [2.24, 2.45) is 0 Å². The van der Waals surface area contributed by atoms with Crippen LogP contribution in [0.1, 0.15) is 0 Å². The van der Waals surface area contributed by atoms with Crippen molar-refractivity contribution in [2.75, 3.05) is 0 Å². The molecule has 1 N–H and O–H groups in total. The molecular formula is C7H5Br2N3O. The molecule has 4 nitrogen and oxygen atoms in total. The van der Waals surface area contributed by atoms with Gasteiger partial charge in [0.25, 0.3) is 3.60 Å². The number of hydrogen-bond donors (Lipinski definition) is 1. The van der Waals surface area contributed by atoms with Crippen LogP contribution in [0.5, 0.6) is 0 Å². The second-order valence-corrected chi connectivity index (χ2v) is 4.51. The number of carbonyl (C=O) groups is 1. The number of imidazole rings is 1. The molecule has 0 bridgehead atoms. The van der Waals surface area contributed by atoms with E-state index in [1.165, 1.54) is 0 Å². The highest BCUT2D eigenvalue weighted by Crippen LogP contribution is 2.01. The Morgan fingerprint density at radius 1 is 1.38 bits per heavy atom. The summed E-state index contributed by atoms with van der Waals surface area (Å²) in [7, 11) is 0. The molecule has 0 aliphatic rings. The average molecular weight is 307 g/mol. The Kier molecular flexibility index (Phi) is 4.04. The van der Waals surface area contributed by atoms with Crippen LogP contribution < -0.4 is 0 Å². The van der Waals surface area contributed by atoms with Gasteiger partial charge in [0.1, 0.15) is 0 Å². The Morgan fingerprint density at radius 2 is 2.08 bits per heavy atom. The monoisotopic (exact) mass is 305 g/mol. The number of H-pyrrole nitrogens is 1. The van der Waals surface area contributed by atoms with E-state index in [2.05, 4.69) is 46.8 Å². The lowest BCUT2D eigenvalue weighted by Gasteiger charge is -1.80. The number of carbonyl (C=O) groups excluding carboxylic acids is 1. The van der Waals surface area contributed by atoms with Crippen molar-refractivity contribution >= 4 is 46.6 Å². The number of hydrogen-bond acceptors (Lipinski definition) is 3. The first-order valence-corrected chi connectivity index (χ1v) is 4.88. The predicted molar refractivity (Wildman–Crippen MR) is 57.1 cm³/mol. The maximum atomic E-state index is 9.28. The highest BCUT2D eigenvalue weighted by molar-refractivity contribution is 9.39. The van der Waals surface area contributed by atoms with Crippen molar-refractivity contribution in [2.45, 2.75) is 0 Å². The molecule has 2 aromatic rings. The fourth-order valence-corrected chi connectivity index (χ4v) is 0.775. The minimum Gasteiger partial charge on any atom is -0.343 e. The van der Waals surface area contributed by atoms with Crippen LogP contribution >= 0.6 is 31.9 Å². The van der Waals surface area contributed by atoms with Crippen LogP contribution in [0.25, 0.3) is 11.2 Å². The Hall–Kier alpha value is -0.750. The molecule has 0 aliphatic carbocycles. The molecule has 0 amide bonds. The van der Waals surface area contributed by atoms with Crippen LogP contribution in [-0.4, -0.2) is 18.6 Å². The van der Waals surface area contributed by atoms with Gasteiger partial charge in [-0.2, -0.15) is 0 Å². The molecule has 13 heavy (non-hydrogen) atoms. The van der Waals surface area contributed by atoms with Gasteiger partial charge in [-0.1, -0.05) is 0 Å². The zero-order valence-corrected chi connectivity index (χ0v) is 9.54. The van der Waals surface area contributed by atoms with Crippen LogP contribution in [0.15, 0.2) is 24.7 Å². The first-order chi connectivity index (χ1) is 6.20. The largest absolute Gasteiger partial charge is 0.343 e. The van der Waals surface area contributed by atoms with Crippen LogP contribution in [-0.2, 0) is 0 Å². The SMILES string of the molecule is O=C(Br)Br.c1cnc2nc[nH]c2c1. The Labute approximate surface area is 91.0 Å². The topological polar surface area (TPSA) is 58.6 Å². The summed E-state index contributed by atoms with van der Waals surface area (Å²) < 4.78 is -0.208. The summed E-state index contributed by atoms with van der Waals surface area (Å²) in [5, 5.41) is 0. The van der Waals surface area contributed by atoms with E-state index in [1.54, 1.807) is 12.5 Å². The number of pyridine rings is 1. The molecule has 0 aromatic carbocycles. The standard InChI is InChI=1S/C6H5N3.CBr2O/c1-2-5-6(7-3-1)9-4-8-5;2-1(3)4/h1-4H,(H,7,8,9);. The number of rotatable bonds is 0. The van der Waals surface area contributed by atoms with Gasteiger partial charge in [-0.25, -0.2) is 9.97 Å². The fraction of sp³-hybridized carbons (Fsp3) is 0. The van der Waals surface area contributed by atoms with Crippen LogP contribution in [0.4, 0.5) is 4.79 Å². The van der Waals surface area contributed by atoms with Crippen molar-refractivity contribution < 1.29 is 4.79 Å². The van der Waals surface area contributed by atoms with Gasteiger partial charge in [0.05, 0.1) is 11.8 Å². The van der Waals surface area contributed by atoms with Gasteiger partial charge in [-0.05, 0) is 12.1 Å².